The largest absolute Gasteiger partial charge is 0.494 e. The molecule has 152 valence electrons. The van der Waals surface area contributed by atoms with Gasteiger partial charge in [0.05, 0.1) is 11.9 Å². The maximum atomic E-state index is 12.6. The van der Waals surface area contributed by atoms with E-state index in [0.29, 0.717) is 17.6 Å². The number of hydrogen-bond donors (Lipinski definition) is 2. The SMILES string of the molecule is CCOc1ccc(-c2nnc(SC(C)C(=O)Nc3cc(C)ccc3C)n2N)cc1. The van der Waals surface area contributed by atoms with Crippen LogP contribution in [0.5, 0.6) is 5.75 Å². The van der Waals surface area contributed by atoms with E-state index < -0.39 is 5.25 Å². The molecule has 0 aliphatic heterocycles. The number of carbonyl (C=O) groups is 1. The van der Waals surface area contributed by atoms with Gasteiger partial charge in [-0.2, -0.15) is 0 Å². The van der Waals surface area contributed by atoms with Gasteiger partial charge in [0.1, 0.15) is 5.75 Å². The van der Waals surface area contributed by atoms with Gasteiger partial charge in [-0.05, 0) is 69.2 Å². The van der Waals surface area contributed by atoms with Gasteiger partial charge in [-0.25, -0.2) is 4.68 Å². The van der Waals surface area contributed by atoms with Crippen LogP contribution in [0.4, 0.5) is 5.69 Å². The molecule has 0 bridgehead atoms. The molecular formula is C21H25N5O2S. The Labute approximate surface area is 174 Å². The number of nitrogens with two attached hydrogens (primary N) is 1. The van der Waals surface area contributed by atoms with Crippen molar-refractivity contribution in [2.75, 3.05) is 17.8 Å². The first kappa shape index (κ1) is 20.7. The lowest BCUT2D eigenvalue weighted by Crippen LogP contribution is -2.24. The Morgan fingerprint density at radius 1 is 1.21 bits per heavy atom. The third-order valence-corrected chi connectivity index (χ3v) is 5.45. The number of nitrogens with zero attached hydrogens (tertiary/aromatic N) is 3. The van der Waals surface area contributed by atoms with Crippen molar-refractivity contribution in [3.63, 3.8) is 0 Å². The molecule has 1 amide bonds. The summed E-state index contributed by atoms with van der Waals surface area (Å²) >= 11 is 1.26. The second kappa shape index (κ2) is 9.00. The Hall–Kier alpha value is -3.00. The zero-order valence-corrected chi connectivity index (χ0v) is 17.8. The van der Waals surface area contributed by atoms with E-state index in [1.165, 1.54) is 16.4 Å². The van der Waals surface area contributed by atoms with Crippen LogP contribution in [0.3, 0.4) is 0 Å². The molecule has 0 fully saturated rings. The van der Waals surface area contributed by atoms with Crippen molar-refractivity contribution in [3.05, 3.63) is 53.6 Å². The van der Waals surface area contributed by atoms with Crippen LogP contribution in [0, 0.1) is 13.8 Å². The number of carbonyl (C=O) groups excluding carboxylic acids is 1. The van der Waals surface area contributed by atoms with E-state index in [4.69, 9.17) is 10.6 Å². The van der Waals surface area contributed by atoms with Crippen molar-refractivity contribution in [1.29, 1.82) is 0 Å². The summed E-state index contributed by atoms with van der Waals surface area (Å²) < 4.78 is 6.86. The van der Waals surface area contributed by atoms with Gasteiger partial charge in [-0.3, -0.25) is 4.79 Å². The van der Waals surface area contributed by atoms with Gasteiger partial charge in [0.15, 0.2) is 5.82 Å². The highest BCUT2D eigenvalue weighted by Crippen LogP contribution is 2.27. The normalized spacial score (nSPS) is 11.9. The molecule has 0 aliphatic carbocycles. The van der Waals surface area contributed by atoms with Crippen molar-refractivity contribution < 1.29 is 9.53 Å². The van der Waals surface area contributed by atoms with Crippen LogP contribution < -0.4 is 15.9 Å². The monoisotopic (exact) mass is 411 g/mol. The summed E-state index contributed by atoms with van der Waals surface area (Å²) in [6, 6.07) is 13.4. The molecule has 3 N–H and O–H groups in total. The second-order valence-electron chi connectivity index (χ2n) is 6.70. The van der Waals surface area contributed by atoms with Crippen LogP contribution in [0.25, 0.3) is 11.4 Å². The van der Waals surface area contributed by atoms with Crippen molar-refractivity contribution in [3.8, 4) is 17.1 Å². The lowest BCUT2D eigenvalue weighted by atomic mass is 10.1. The molecule has 0 saturated heterocycles. The number of nitrogens with one attached hydrogen (secondary N) is 1. The summed E-state index contributed by atoms with van der Waals surface area (Å²) in [5.41, 5.74) is 3.74. The van der Waals surface area contributed by atoms with Gasteiger partial charge in [0, 0.05) is 11.3 Å². The lowest BCUT2D eigenvalue weighted by molar-refractivity contribution is -0.115. The molecule has 0 spiro atoms. The van der Waals surface area contributed by atoms with E-state index in [0.717, 1.165) is 28.1 Å². The Bertz CT molecular complexity index is 1000. The van der Waals surface area contributed by atoms with Gasteiger partial charge in [0.2, 0.25) is 11.1 Å². The van der Waals surface area contributed by atoms with Gasteiger partial charge in [0.25, 0.3) is 0 Å². The fourth-order valence-corrected chi connectivity index (χ4v) is 3.51. The first-order chi connectivity index (χ1) is 13.9. The highest BCUT2D eigenvalue weighted by molar-refractivity contribution is 8.00. The fraction of sp³-hybridized carbons (Fsp3) is 0.286. The molecule has 0 saturated carbocycles. The summed E-state index contributed by atoms with van der Waals surface area (Å²) in [4.78, 5) is 12.6. The molecule has 0 aliphatic rings. The maximum absolute atomic E-state index is 12.6. The van der Waals surface area contributed by atoms with Gasteiger partial charge in [-0.1, -0.05) is 23.9 Å². The standard InChI is InChI=1S/C21H25N5O2S/c1-5-28-17-10-8-16(9-11-17)19-24-25-21(26(19)22)29-15(4)20(27)23-18-12-13(2)6-7-14(18)3/h6-12,15H,5,22H2,1-4H3,(H,23,27). The predicted octanol–water partition coefficient (Wildman–Crippen LogP) is 3.79. The fourth-order valence-electron chi connectivity index (χ4n) is 2.74. The number of ether oxygens (including phenoxy) is 1. The Morgan fingerprint density at radius 3 is 2.62 bits per heavy atom. The zero-order valence-electron chi connectivity index (χ0n) is 17.0. The highest BCUT2D eigenvalue weighted by atomic mass is 32.2. The first-order valence-electron chi connectivity index (χ1n) is 9.37. The van der Waals surface area contributed by atoms with E-state index in [-0.39, 0.29) is 5.91 Å². The van der Waals surface area contributed by atoms with Crippen LogP contribution in [0.1, 0.15) is 25.0 Å². The minimum atomic E-state index is -0.394. The van der Waals surface area contributed by atoms with Gasteiger partial charge < -0.3 is 15.9 Å². The maximum Gasteiger partial charge on any atom is 0.237 e. The van der Waals surface area contributed by atoms with Crippen molar-refractivity contribution in [2.24, 2.45) is 0 Å². The molecule has 1 aromatic heterocycles. The minimum Gasteiger partial charge on any atom is -0.494 e. The van der Waals surface area contributed by atoms with Crippen molar-refractivity contribution in [1.82, 2.24) is 14.9 Å². The molecule has 7 nitrogen and oxygen atoms in total. The van der Waals surface area contributed by atoms with Crippen LogP contribution in [-0.2, 0) is 4.79 Å². The average Bonchev–Trinajstić information content (AvgIpc) is 3.06. The molecule has 29 heavy (non-hydrogen) atoms. The zero-order chi connectivity index (χ0) is 21.0. The molecule has 3 aromatic rings. The summed E-state index contributed by atoms with van der Waals surface area (Å²) in [6.07, 6.45) is 0. The number of anilines is 1. The second-order valence-corrected chi connectivity index (χ2v) is 8.01. The number of hydrogen-bond acceptors (Lipinski definition) is 6. The third kappa shape index (κ3) is 4.89. The quantitative estimate of drug-likeness (QED) is 0.454. The molecule has 8 heteroatoms. The van der Waals surface area contributed by atoms with E-state index in [1.54, 1.807) is 0 Å². The van der Waals surface area contributed by atoms with Crippen LogP contribution in [0.2, 0.25) is 0 Å². The number of rotatable bonds is 7. The van der Waals surface area contributed by atoms with Crippen LogP contribution >= 0.6 is 11.8 Å². The number of nitrogen functional groups attached to an aromatic ring is 1. The number of thioether (sulfide) groups is 1. The van der Waals surface area contributed by atoms with E-state index >= 15 is 0 Å². The molecule has 1 heterocycles. The van der Waals surface area contributed by atoms with Crippen molar-refractivity contribution >= 4 is 23.4 Å². The smallest absolute Gasteiger partial charge is 0.237 e. The van der Waals surface area contributed by atoms with E-state index in [1.807, 2.05) is 70.2 Å². The van der Waals surface area contributed by atoms with Gasteiger partial charge in [-0.15, -0.1) is 10.2 Å². The summed E-state index contributed by atoms with van der Waals surface area (Å²) in [7, 11) is 0. The molecule has 3 rings (SSSR count). The molecule has 0 radical (unpaired) electrons. The minimum absolute atomic E-state index is 0.116. The average molecular weight is 412 g/mol. The van der Waals surface area contributed by atoms with Crippen LogP contribution in [-0.4, -0.2) is 32.6 Å². The Kier molecular flexibility index (Phi) is 6.43. The number of benzene rings is 2. The molecular weight excluding hydrogens is 386 g/mol. The number of aryl methyl sites for hydroxylation is 2. The first-order valence-corrected chi connectivity index (χ1v) is 10.3. The third-order valence-electron chi connectivity index (χ3n) is 4.39. The lowest BCUT2D eigenvalue weighted by Gasteiger charge is -2.13. The number of aromatic nitrogens is 3. The topological polar surface area (TPSA) is 95.1 Å². The highest BCUT2D eigenvalue weighted by Gasteiger charge is 2.20. The molecule has 1 unspecified atom stereocenters. The summed E-state index contributed by atoms with van der Waals surface area (Å²) in [5, 5.41) is 11.4. The molecule has 1 atom stereocenters. The van der Waals surface area contributed by atoms with Gasteiger partial charge >= 0.3 is 0 Å². The van der Waals surface area contributed by atoms with E-state index in [2.05, 4.69) is 15.5 Å². The Balaban J connectivity index is 1.70. The van der Waals surface area contributed by atoms with E-state index in [9.17, 15) is 4.79 Å². The Morgan fingerprint density at radius 2 is 1.93 bits per heavy atom. The summed E-state index contributed by atoms with van der Waals surface area (Å²) in [5.74, 6) is 7.38. The van der Waals surface area contributed by atoms with Crippen molar-refractivity contribution in [2.45, 2.75) is 38.1 Å². The molecule has 2 aromatic carbocycles. The summed E-state index contributed by atoms with van der Waals surface area (Å²) in [6.45, 7) is 8.32. The number of amides is 1. The predicted molar refractivity (Wildman–Crippen MR) is 117 cm³/mol. The van der Waals surface area contributed by atoms with Crippen LogP contribution in [0.15, 0.2) is 47.6 Å².